The summed E-state index contributed by atoms with van der Waals surface area (Å²) in [6.45, 7) is 4.66. The van der Waals surface area contributed by atoms with Gasteiger partial charge in [0.1, 0.15) is 11.1 Å². The number of nitriles is 2. The number of aromatic nitrogens is 2. The Bertz CT molecular complexity index is 3550. The predicted octanol–water partition coefficient (Wildman–Crippen LogP) is 5.99. The lowest BCUT2D eigenvalue weighted by Crippen LogP contribution is -2.35. The zero-order valence-corrected chi connectivity index (χ0v) is 51.3. The second-order valence-electron chi connectivity index (χ2n) is 19.6. The molecule has 2 heterocycles. The van der Waals surface area contributed by atoms with Gasteiger partial charge in [-0.2, -0.15) is 36.9 Å². The minimum atomic E-state index is -4.74. The molecule has 0 fully saturated rings. The molecule has 0 aliphatic carbocycles. The average molecular weight is 1320 g/mol. The van der Waals surface area contributed by atoms with E-state index in [0.29, 0.717) is 11.1 Å². The molecule has 4 N–H and O–H groups in total. The average Bonchev–Trinajstić information content (AvgIpc) is 0.777. The van der Waals surface area contributed by atoms with Gasteiger partial charge in [-0.05, 0) is 111 Å². The van der Waals surface area contributed by atoms with Crippen LogP contribution in [0.25, 0.3) is 11.4 Å². The van der Waals surface area contributed by atoms with Gasteiger partial charge in [0.05, 0.1) is 145 Å². The number of rotatable bonds is 35. The standard InChI is InChI=1S/C62H64F6N8O14S2/c1-41-53(91(83)49-13-9-43(39-69)10-14-49)37-51(59(81)75(41)47-7-3-5-45(35-47)61(63,64)65)57(79)73-21-25-87-29-33-89-31-27-85-23-19-71-55(77)17-18-56(78)72-20-24-86-28-32-90-34-30-88-26-22-74-58(80)52-38-54(92(84)50-15-11-44(40-70)12-16-50)42(2)76(60(52)82)48-8-4-6-46(36-48)62(66,67)68/h3-16,35-38H,17-34H2,1-2H3,(H,71,77)(H,72,78)(H,73,79)(H,74,80). The van der Waals surface area contributed by atoms with E-state index in [4.69, 9.17) is 28.4 Å². The molecule has 490 valence electrons. The molecular weight excluding hydrogens is 1260 g/mol. The number of nitrogens with one attached hydrogen (secondary N) is 4. The summed E-state index contributed by atoms with van der Waals surface area (Å²) in [4.78, 5) is 79.0. The normalized spacial score (nSPS) is 12.1. The molecule has 0 spiro atoms. The van der Waals surface area contributed by atoms with Crippen LogP contribution >= 0.6 is 0 Å². The molecule has 0 saturated heterocycles. The first-order chi connectivity index (χ1) is 44.0. The first-order valence-electron chi connectivity index (χ1n) is 28.3. The smallest absolute Gasteiger partial charge is 0.377 e. The molecule has 2 atom stereocenters. The molecule has 2 aromatic heterocycles. The third-order valence-corrected chi connectivity index (χ3v) is 16.2. The fourth-order valence-electron chi connectivity index (χ4n) is 8.56. The molecule has 0 bridgehead atoms. The van der Waals surface area contributed by atoms with E-state index >= 15 is 0 Å². The number of carbonyl (C=O) groups is 4. The second-order valence-corrected chi connectivity index (χ2v) is 22.5. The Balaban J connectivity index is 0.771. The number of alkyl halides is 6. The van der Waals surface area contributed by atoms with Crippen LogP contribution in [0.2, 0.25) is 0 Å². The van der Waals surface area contributed by atoms with Crippen LogP contribution in [0.4, 0.5) is 26.3 Å². The van der Waals surface area contributed by atoms with Crippen LogP contribution in [-0.2, 0) is 72.0 Å². The van der Waals surface area contributed by atoms with Crippen molar-refractivity contribution in [1.29, 1.82) is 10.5 Å². The van der Waals surface area contributed by atoms with Crippen LogP contribution in [0.5, 0.6) is 0 Å². The minimum Gasteiger partial charge on any atom is -0.377 e. The van der Waals surface area contributed by atoms with Crippen molar-refractivity contribution in [2.45, 2.75) is 58.6 Å². The third-order valence-electron chi connectivity index (χ3n) is 13.2. The predicted molar refractivity (Wildman–Crippen MR) is 320 cm³/mol. The number of ether oxygens (including phenoxy) is 6. The quantitative estimate of drug-likeness (QED) is 0.0262. The van der Waals surface area contributed by atoms with E-state index in [0.717, 1.165) is 57.7 Å². The van der Waals surface area contributed by atoms with Crippen LogP contribution in [0.1, 0.15) is 67.2 Å². The lowest BCUT2D eigenvalue weighted by Gasteiger charge is -2.18. The second kappa shape index (κ2) is 35.8. The molecule has 6 rings (SSSR count). The maximum Gasteiger partial charge on any atom is 0.416 e. The van der Waals surface area contributed by atoms with Crippen molar-refractivity contribution in [2.24, 2.45) is 0 Å². The summed E-state index contributed by atoms with van der Waals surface area (Å²) < 4.78 is 144. The summed E-state index contributed by atoms with van der Waals surface area (Å²) >= 11 is 0. The van der Waals surface area contributed by atoms with Crippen molar-refractivity contribution in [3.05, 3.63) is 175 Å². The van der Waals surface area contributed by atoms with E-state index in [9.17, 15) is 74.1 Å². The van der Waals surface area contributed by atoms with Gasteiger partial charge in [0.25, 0.3) is 22.9 Å². The molecule has 92 heavy (non-hydrogen) atoms. The lowest BCUT2D eigenvalue weighted by atomic mass is 10.1. The Labute approximate surface area is 528 Å². The highest BCUT2D eigenvalue weighted by Crippen LogP contribution is 2.33. The fraction of sp³-hybridized carbons (Fsp3) is 0.355. The van der Waals surface area contributed by atoms with Crippen molar-refractivity contribution < 1.29 is 82.4 Å². The number of hydrogen-bond donors (Lipinski definition) is 4. The Morgan fingerprint density at radius 1 is 0.457 bits per heavy atom. The first-order valence-corrected chi connectivity index (χ1v) is 30.6. The van der Waals surface area contributed by atoms with E-state index in [1.807, 2.05) is 12.1 Å². The van der Waals surface area contributed by atoms with Gasteiger partial charge in [-0.25, -0.2) is 8.42 Å². The summed E-state index contributed by atoms with van der Waals surface area (Å²) in [6.07, 6.45) is -9.60. The number of carbonyl (C=O) groups excluding carboxylic acids is 4. The van der Waals surface area contributed by atoms with Gasteiger partial charge >= 0.3 is 12.4 Å². The molecule has 6 aromatic rings. The molecule has 4 amide bonds. The van der Waals surface area contributed by atoms with Crippen LogP contribution < -0.4 is 32.4 Å². The fourth-order valence-corrected chi connectivity index (χ4v) is 11.0. The maximum absolute atomic E-state index is 13.8. The number of halogens is 6. The molecule has 0 aliphatic heterocycles. The van der Waals surface area contributed by atoms with Crippen LogP contribution in [0, 0.1) is 36.5 Å². The van der Waals surface area contributed by atoms with E-state index in [2.05, 4.69) is 21.3 Å². The van der Waals surface area contributed by atoms with Gasteiger partial charge in [0.2, 0.25) is 11.8 Å². The number of benzene rings is 4. The number of pyridine rings is 2. The zero-order valence-electron chi connectivity index (χ0n) is 49.7. The van der Waals surface area contributed by atoms with Crippen molar-refractivity contribution >= 4 is 45.2 Å². The largest absolute Gasteiger partial charge is 0.416 e. The van der Waals surface area contributed by atoms with Gasteiger partial charge in [-0.1, -0.05) is 12.1 Å². The molecular formula is C62H64F6N8O14S2. The molecule has 22 nitrogen and oxygen atoms in total. The van der Waals surface area contributed by atoms with Crippen LogP contribution in [0.3, 0.4) is 0 Å². The van der Waals surface area contributed by atoms with E-state index < -0.39 is 79.1 Å². The topological polar surface area (TPSA) is 297 Å². The Kier molecular flexibility index (Phi) is 28.1. The van der Waals surface area contributed by atoms with Gasteiger partial charge in [-0.3, -0.25) is 37.9 Å². The van der Waals surface area contributed by atoms with Crippen molar-refractivity contribution in [2.75, 3.05) is 105 Å². The maximum atomic E-state index is 13.8. The summed E-state index contributed by atoms with van der Waals surface area (Å²) in [5.74, 6) is -2.49. The minimum absolute atomic E-state index is 0.00765. The van der Waals surface area contributed by atoms with Crippen molar-refractivity contribution in [3.8, 4) is 23.5 Å². The van der Waals surface area contributed by atoms with Gasteiger partial charge in [0, 0.05) is 71.6 Å². The summed E-state index contributed by atoms with van der Waals surface area (Å²) in [7, 11) is -4.04. The summed E-state index contributed by atoms with van der Waals surface area (Å²) in [5, 5.41) is 28.7. The molecule has 2 unspecified atom stereocenters. The number of amides is 4. The molecule has 30 heteroatoms. The van der Waals surface area contributed by atoms with Crippen molar-refractivity contribution in [3.63, 3.8) is 0 Å². The first kappa shape index (κ1) is 72.3. The highest BCUT2D eigenvalue weighted by Gasteiger charge is 2.33. The SMILES string of the molecule is Cc1c(S(=O)c2ccc(C#N)cc2)cc(C(=O)NCCOCCOCCOCCNC(=O)CCC(=O)NCCOCCOCCOCCNC(=O)c2cc(S(=O)c3ccc(C#N)cc3)c(C)n(-c3cccc(C(F)(F)F)c3)c2=O)c(=O)n1-c1cccc(C(F)(F)F)c1. The van der Waals surface area contributed by atoms with Gasteiger partial charge in [0.15, 0.2) is 0 Å². The lowest BCUT2D eigenvalue weighted by molar-refractivity contribution is -0.138. The zero-order chi connectivity index (χ0) is 66.8. The van der Waals surface area contributed by atoms with E-state index in [-0.39, 0.29) is 172 Å². The molecule has 4 aromatic carbocycles. The number of hydrogen-bond acceptors (Lipinski definition) is 16. The number of nitrogens with zero attached hydrogens (tertiary/aromatic N) is 4. The molecule has 0 radical (unpaired) electrons. The van der Waals surface area contributed by atoms with E-state index in [1.54, 1.807) is 0 Å². The van der Waals surface area contributed by atoms with Gasteiger partial charge < -0.3 is 49.7 Å². The molecule has 0 aliphatic rings. The third kappa shape index (κ3) is 21.4. The highest BCUT2D eigenvalue weighted by atomic mass is 32.2. The summed E-state index contributed by atoms with van der Waals surface area (Å²) in [5.41, 5.74) is -4.67. The van der Waals surface area contributed by atoms with E-state index in [1.165, 1.54) is 74.5 Å². The van der Waals surface area contributed by atoms with Gasteiger partial charge in [-0.15, -0.1) is 0 Å². The Hall–Kier alpha value is -8.72. The van der Waals surface area contributed by atoms with Crippen molar-refractivity contribution in [1.82, 2.24) is 30.4 Å². The Morgan fingerprint density at radius 2 is 0.761 bits per heavy atom. The highest BCUT2D eigenvalue weighted by molar-refractivity contribution is 7.85. The van der Waals surface area contributed by atoms with Crippen LogP contribution in [0.15, 0.2) is 138 Å². The monoisotopic (exact) mass is 1320 g/mol. The Morgan fingerprint density at radius 3 is 1.07 bits per heavy atom. The summed E-state index contributed by atoms with van der Waals surface area (Å²) in [6, 6.07) is 25.5. The molecule has 0 saturated carbocycles. The van der Waals surface area contributed by atoms with Crippen LogP contribution in [-0.4, -0.2) is 147 Å².